The van der Waals surface area contributed by atoms with Gasteiger partial charge < -0.3 is 14.3 Å². The maximum absolute atomic E-state index is 13.2. The number of hydrogen-bond acceptors (Lipinski definition) is 6. The van der Waals surface area contributed by atoms with E-state index in [9.17, 15) is 14.4 Å². The Morgan fingerprint density at radius 2 is 1.70 bits per heavy atom. The molecule has 0 N–H and O–H groups in total. The summed E-state index contributed by atoms with van der Waals surface area (Å²) in [5, 5.41) is 4.19. The highest BCUT2D eigenvalue weighted by Crippen LogP contribution is 2.32. The predicted octanol–water partition coefficient (Wildman–Crippen LogP) is 2.69. The number of aryl methyl sites for hydroxylation is 2. The van der Waals surface area contributed by atoms with Gasteiger partial charge in [-0.15, -0.1) is 0 Å². The monoisotopic (exact) mass is 500 g/mol. The van der Waals surface area contributed by atoms with Gasteiger partial charge in [-0.25, -0.2) is 4.79 Å². The molecule has 2 amide bonds. The van der Waals surface area contributed by atoms with E-state index in [1.165, 1.54) is 0 Å². The zero-order chi connectivity index (χ0) is 25.7. The number of hydrogen-bond donors (Lipinski definition) is 0. The molecular weight excluding hydrogens is 472 g/mol. The van der Waals surface area contributed by atoms with E-state index in [0.29, 0.717) is 31.3 Å². The average Bonchev–Trinajstić information content (AvgIpc) is 3.63. The van der Waals surface area contributed by atoms with Crippen molar-refractivity contribution in [2.45, 2.75) is 25.2 Å². The van der Waals surface area contributed by atoms with Gasteiger partial charge in [-0.1, -0.05) is 23.4 Å². The first-order chi connectivity index (χ1) is 17.9. The maximum atomic E-state index is 13.2. The van der Waals surface area contributed by atoms with Crippen molar-refractivity contribution >= 4 is 28.5 Å². The van der Waals surface area contributed by atoms with Crippen LogP contribution < -0.4 is 10.6 Å². The summed E-state index contributed by atoms with van der Waals surface area (Å²) < 4.78 is 8.82. The molecule has 0 radical (unpaired) electrons. The lowest BCUT2D eigenvalue weighted by atomic mass is 9.95. The number of aromatic nitrogens is 4. The van der Waals surface area contributed by atoms with Gasteiger partial charge in [0.05, 0.1) is 17.0 Å². The van der Waals surface area contributed by atoms with Gasteiger partial charge in [0, 0.05) is 57.3 Å². The first-order valence-corrected chi connectivity index (χ1v) is 12.5. The molecule has 37 heavy (non-hydrogen) atoms. The summed E-state index contributed by atoms with van der Waals surface area (Å²) in [7, 11) is 3.49. The summed E-state index contributed by atoms with van der Waals surface area (Å²) in [6, 6.07) is 15.2. The molecule has 2 aromatic carbocycles. The van der Waals surface area contributed by atoms with Crippen molar-refractivity contribution < 1.29 is 14.1 Å². The van der Waals surface area contributed by atoms with Crippen molar-refractivity contribution in [3.05, 3.63) is 64.9 Å². The molecule has 10 nitrogen and oxygen atoms in total. The van der Waals surface area contributed by atoms with E-state index in [2.05, 4.69) is 10.1 Å². The Bertz CT molecular complexity index is 1540. The number of amides is 2. The van der Waals surface area contributed by atoms with Gasteiger partial charge in [0.15, 0.2) is 0 Å². The number of fused-ring (bicyclic) bond motifs is 1. The normalized spacial score (nSPS) is 18.8. The largest absolute Gasteiger partial charge is 0.342 e. The van der Waals surface area contributed by atoms with E-state index < -0.39 is 0 Å². The number of imidazole rings is 1. The summed E-state index contributed by atoms with van der Waals surface area (Å²) in [6.45, 7) is 1.61. The Labute approximate surface area is 213 Å². The van der Waals surface area contributed by atoms with Crippen molar-refractivity contribution in [1.82, 2.24) is 24.2 Å². The molecule has 0 aliphatic carbocycles. The summed E-state index contributed by atoms with van der Waals surface area (Å²) >= 11 is 0. The van der Waals surface area contributed by atoms with Crippen molar-refractivity contribution in [2.75, 3.05) is 24.5 Å². The predicted molar refractivity (Wildman–Crippen MR) is 137 cm³/mol. The summed E-state index contributed by atoms with van der Waals surface area (Å²) in [4.78, 5) is 46.2. The lowest BCUT2D eigenvalue weighted by Gasteiger charge is -2.32. The fourth-order valence-electron chi connectivity index (χ4n) is 5.50. The molecule has 2 aliphatic rings. The smallest absolute Gasteiger partial charge is 0.328 e. The van der Waals surface area contributed by atoms with E-state index in [1.54, 1.807) is 28.1 Å². The van der Waals surface area contributed by atoms with Gasteiger partial charge in [-0.2, -0.15) is 4.98 Å². The van der Waals surface area contributed by atoms with E-state index >= 15 is 0 Å². The van der Waals surface area contributed by atoms with Gasteiger partial charge in [0.25, 0.3) is 0 Å². The van der Waals surface area contributed by atoms with Gasteiger partial charge in [0.2, 0.25) is 23.5 Å². The fraction of sp³-hybridized carbons (Fsp3) is 0.370. The molecule has 1 atom stereocenters. The van der Waals surface area contributed by atoms with E-state index in [-0.39, 0.29) is 35.8 Å². The van der Waals surface area contributed by atoms with Crippen LogP contribution in [0.5, 0.6) is 0 Å². The van der Waals surface area contributed by atoms with Gasteiger partial charge >= 0.3 is 5.69 Å². The fourth-order valence-corrected chi connectivity index (χ4v) is 5.50. The highest BCUT2D eigenvalue weighted by Gasteiger charge is 2.38. The number of carbonyl (C=O) groups is 2. The van der Waals surface area contributed by atoms with E-state index in [0.717, 1.165) is 35.1 Å². The second-order valence-electron chi connectivity index (χ2n) is 9.90. The van der Waals surface area contributed by atoms with Gasteiger partial charge in [-0.05, 0) is 43.2 Å². The number of carbonyl (C=O) groups excluding carboxylic acids is 2. The standard InChI is InChI=1S/C27H28N6O4/c1-30-21-9-8-18(14-22(21)31(2)27(30)36)24-28-25(37-29-24)17-10-12-32(13-11-17)26(35)19-15-23(34)33(16-19)20-6-4-3-5-7-20/h3-9,14,17,19H,10-13,15-16H2,1-2H3. The average molecular weight is 501 g/mol. The lowest BCUT2D eigenvalue weighted by Crippen LogP contribution is -2.42. The molecule has 0 saturated carbocycles. The topological polar surface area (TPSA) is 106 Å². The second kappa shape index (κ2) is 9.02. The molecule has 2 aliphatic heterocycles. The number of likely N-dealkylation sites (tertiary alicyclic amines) is 1. The van der Waals surface area contributed by atoms with Crippen LogP contribution in [0.15, 0.2) is 57.8 Å². The van der Waals surface area contributed by atoms with Crippen LogP contribution in [-0.4, -0.2) is 55.6 Å². The van der Waals surface area contributed by atoms with Crippen LogP contribution in [0.2, 0.25) is 0 Å². The zero-order valence-corrected chi connectivity index (χ0v) is 20.8. The van der Waals surface area contributed by atoms with Crippen molar-refractivity contribution in [2.24, 2.45) is 20.0 Å². The van der Waals surface area contributed by atoms with Crippen LogP contribution in [0.1, 0.15) is 31.1 Å². The Morgan fingerprint density at radius 3 is 2.46 bits per heavy atom. The molecule has 1 unspecified atom stereocenters. The van der Waals surface area contributed by atoms with Crippen LogP contribution in [0.4, 0.5) is 5.69 Å². The van der Waals surface area contributed by atoms with Crippen LogP contribution in [0.3, 0.4) is 0 Å². The third kappa shape index (κ3) is 4.02. The molecule has 4 aromatic rings. The summed E-state index contributed by atoms with van der Waals surface area (Å²) in [6.07, 6.45) is 1.70. The van der Waals surface area contributed by atoms with E-state index in [4.69, 9.17) is 4.52 Å². The number of nitrogens with zero attached hydrogens (tertiary/aromatic N) is 6. The van der Waals surface area contributed by atoms with E-state index in [1.807, 2.05) is 53.4 Å². The molecule has 2 saturated heterocycles. The molecule has 2 aromatic heterocycles. The summed E-state index contributed by atoms with van der Waals surface area (Å²) in [5.41, 5.74) is 3.18. The molecule has 190 valence electrons. The first-order valence-electron chi connectivity index (χ1n) is 12.5. The highest BCUT2D eigenvalue weighted by atomic mass is 16.5. The number of rotatable bonds is 4. The minimum absolute atomic E-state index is 0.00779. The molecule has 10 heteroatoms. The minimum atomic E-state index is -0.317. The summed E-state index contributed by atoms with van der Waals surface area (Å²) in [5.74, 6) is 0.835. The Morgan fingerprint density at radius 1 is 0.973 bits per heavy atom. The zero-order valence-electron chi connectivity index (χ0n) is 20.8. The van der Waals surface area contributed by atoms with Crippen LogP contribution in [0, 0.1) is 5.92 Å². The molecule has 0 bridgehead atoms. The SMILES string of the molecule is Cn1c(=O)n(C)c2cc(-c3noc(C4CCN(C(=O)C5CC(=O)N(c6ccccc6)C5)CC4)n3)ccc21. The Balaban J connectivity index is 1.10. The van der Waals surface area contributed by atoms with Gasteiger partial charge in [-0.3, -0.25) is 18.7 Å². The third-order valence-corrected chi connectivity index (χ3v) is 7.67. The third-order valence-electron chi connectivity index (χ3n) is 7.67. The maximum Gasteiger partial charge on any atom is 0.328 e. The quantitative estimate of drug-likeness (QED) is 0.427. The van der Waals surface area contributed by atoms with Crippen LogP contribution in [-0.2, 0) is 23.7 Å². The minimum Gasteiger partial charge on any atom is -0.342 e. The number of benzene rings is 2. The first kappa shape index (κ1) is 23.2. The highest BCUT2D eigenvalue weighted by molar-refractivity contribution is 6.00. The molecule has 4 heterocycles. The van der Waals surface area contributed by atoms with Crippen LogP contribution >= 0.6 is 0 Å². The number of piperidine rings is 1. The number of anilines is 1. The second-order valence-corrected chi connectivity index (χ2v) is 9.90. The van der Waals surface area contributed by atoms with Crippen LogP contribution in [0.25, 0.3) is 22.4 Å². The Hall–Kier alpha value is -4.21. The number of para-hydroxylation sites is 1. The van der Waals surface area contributed by atoms with Gasteiger partial charge in [0.1, 0.15) is 0 Å². The molecule has 0 spiro atoms. The molecule has 2 fully saturated rings. The Kier molecular flexibility index (Phi) is 5.66. The van der Waals surface area contributed by atoms with Crippen molar-refractivity contribution in [3.63, 3.8) is 0 Å². The van der Waals surface area contributed by atoms with Crippen molar-refractivity contribution in [1.29, 1.82) is 0 Å². The molecule has 6 rings (SSSR count). The van der Waals surface area contributed by atoms with Crippen molar-refractivity contribution in [3.8, 4) is 11.4 Å². The molecular formula is C27H28N6O4. The lowest BCUT2D eigenvalue weighted by molar-refractivity contribution is -0.136.